The molecule has 0 bridgehead atoms. The standard InChI is InChI=1S/C21H21N3O2S/c1-14-10-15(2)12-17(11-14)24-19(25)13-27-21-20(22-8-9-23-21)26-18-7-5-4-6-16(18)3/h4-12H,13H2,1-3H3,(H,24,25). The summed E-state index contributed by atoms with van der Waals surface area (Å²) in [5.41, 5.74) is 4.03. The number of nitrogens with zero attached hydrogens (tertiary/aromatic N) is 2. The van der Waals surface area contributed by atoms with Crippen molar-refractivity contribution in [2.75, 3.05) is 11.1 Å². The molecule has 6 heteroatoms. The van der Waals surface area contributed by atoms with E-state index in [-0.39, 0.29) is 11.7 Å². The lowest BCUT2D eigenvalue weighted by Gasteiger charge is -2.11. The quantitative estimate of drug-likeness (QED) is 0.616. The highest BCUT2D eigenvalue weighted by Gasteiger charge is 2.12. The van der Waals surface area contributed by atoms with Crippen molar-refractivity contribution in [2.45, 2.75) is 25.8 Å². The fourth-order valence-electron chi connectivity index (χ4n) is 2.63. The van der Waals surface area contributed by atoms with Crippen LogP contribution in [-0.4, -0.2) is 21.6 Å². The number of benzene rings is 2. The predicted octanol–water partition coefficient (Wildman–Crippen LogP) is 4.92. The van der Waals surface area contributed by atoms with Crippen LogP contribution in [0.1, 0.15) is 16.7 Å². The highest BCUT2D eigenvalue weighted by Crippen LogP contribution is 2.30. The van der Waals surface area contributed by atoms with Gasteiger partial charge in [0, 0.05) is 18.1 Å². The SMILES string of the molecule is Cc1cc(C)cc(NC(=O)CSc2nccnc2Oc2ccccc2C)c1. The maximum atomic E-state index is 12.3. The van der Waals surface area contributed by atoms with Crippen LogP contribution in [0, 0.1) is 20.8 Å². The van der Waals surface area contributed by atoms with Crippen LogP contribution in [0.5, 0.6) is 11.6 Å². The van der Waals surface area contributed by atoms with E-state index in [4.69, 9.17) is 4.74 Å². The van der Waals surface area contributed by atoms with E-state index in [1.165, 1.54) is 11.8 Å². The molecule has 0 atom stereocenters. The Morgan fingerprint density at radius 3 is 2.48 bits per heavy atom. The number of ether oxygens (including phenoxy) is 1. The molecular formula is C21H21N3O2S. The summed E-state index contributed by atoms with van der Waals surface area (Å²) in [7, 11) is 0. The second-order valence-corrected chi connectivity index (χ2v) is 7.21. The van der Waals surface area contributed by atoms with E-state index < -0.39 is 0 Å². The second-order valence-electron chi connectivity index (χ2n) is 6.25. The third-order valence-corrected chi connectivity index (χ3v) is 4.74. The highest BCUT2D eigenvalue weighted by atomic mass is 32.2. The van der Waals surface area contributed by atoms with Gasteiger partial charge in [-0.2, -0.15) is 0 Å². The van der Waals surface area contributed by atoms with Gasteiger partial charge in [0.25, 0.3) is 5.88 Å². The lowest BCUT2D eigenvalue weighted by molar-refractivity contribution is -0.113. The molecule has 3 rings (SSSR count). The highest BCUT2D eigenvalue weighted by molar-refractivity contribution is 8.00. The van der Waals surface area contributed by atoms with Crippen LogP contribution in [0.25, 0.3) is 0 Å². The van der Waals surface area contributed by atoms with E-state index in [9.17, 15) is 4.79 Å². The Kier molecular flexibility index (Phi) is 6.08. The van der Waals surface area contributed by atoms with E-state index in [2.05, 4.69) is 21.4 Å². The number of carbonyl (C=O) groups is 1. The summed E-state index contributed by atoms with van der Waals surface area (Å²) in [5.74, 6) is 1.24. The van der Waals surface area contributed by atoms with Crippen molar-refractivity contribution in [1.82, 2.24) is 9.97 Å². The number of aromatic nitrogens is 2. The molecule has 1 amide bonds. The first kappa shape index (κ1) is 18.9. The smallest absolute Gasteiger partial charge is 0.252 e. The number of para-hydroxylation sites is 1. The molecule has 0 aliphatic rings. The summed E-state index contributed by atoms with van der Waals surface area (Å²) >= 11 is 1.30. The summed E-state index contributed by atoms with van der Waals surface area (Å²) in [6.07, 6.45) is 3.17. The Hall–Kier alpha value is -2.86. The first-order valence-corrected chi connectivity index (χ1v) is 9.55. The van der Waals surface area contributed by atoms with E-state index >= 15 is 0 Å². The van der Waals surface area contributed by atoms with Gasteiger partial charge in [0.05, 0.1) is 5.75 Å². The molecule has 0 saturated carbocycles. The van der Waals surface area contributed by atoms with Crippen LogP contribution in [0.15, 0.2) is 59.9 Å². The zero-order valence-corrected chi connectivity index (χ0v) is 16.3. The van der Waals surface area contributed by atoms with E-state index in [1.807, 2.05) is 57.2 Å². The largest absolute Gasteiger partial charge is 0.436 e. The molecule has 0 aliphatic carbocycles. The molecule has 0 saturated heterocycles. The molecule has 2 aromatic carbocycles. The Bertz CT molecular complexity index is 939. The molecule has 3 aromatic rings. The van der Waals surface area contributed by atoms with Gasteiger partial charge in [-0.1, -0.05) is 36.0 Å². The Morgan fingerprint density at radius 1 is 1.04 bits per heavy atom. The molecule has 1 heterocycles. The number of thioether (sulfide) groups is 1. The molecule has 27 heavy (non-hydrogen) atoms. The van der Waals surface area contributed by atoms with Crippen molar-refractivity contribution in [2.24, 2.45) is 0 Å². The average molecular weight is 379 g/mol. The predicted molar refractivity (Wildman–Crippen MR) is 109 cm³/mol. The number of aryl methyl sites for hydroxylation is 3. The zero-order chi connectivity index (χ0) is 19.2. The number of amides is 1. The lowest BCUT2D eigenvalue weighted by atomic mass is 10.1. The average Bonchev–Trinajstić information content (AvgIpc) is 2.62. The molecule has 1 aromatic heterocycles. The zero-order valence-electron chi connectivity index (χ0n) is 15.5. The fraction of sp³-hybridized carbons (Fsp3) is 0.190. The molecule has 0 fully saturated rings. The first-order chi connectivity index (χ1) is 13.0. The van der Waals surface area contributed by atoms with Crippen molar-refractivity contribution in [3.05, 3.63) is 71.5 Å². The number of nitrogens with one attached hydrogen (secondary N) is 1. The fourth-order valence-corrected chi connectivity index (χ4v) is 3.33. The third kappa shape index (κ3) is 5.31. The van der Waals surface area contributed by atoms with Gasteiger partial charge in [0.2, 0.25) is 5.91 Å². The van der Waals surface area contributed by atoms with Crippen LogP contribution in [0.4, 0.5) is 5.69 Å². The van der Waals surface area contributed by atoms with E-state index in [0.29, 0.717) is 10.9 Å². The second kappa shape index (κ2) is 8.68. The number of carbonyl (C=O) groups excluding carboxylic acids is 1. The molecule has 0 unspecified atom stereocenters. The van der Waals surface area contributed by atoms with Crippen molar-refractivity contribution in [3.63, 3.8) is 0 Å². The van der Waals surface area contributed by atoms with E-state index in [1.54, 1.807) is 12.4 Å². The molecule has 5 nitrogen and oxygen atoms in total. The Balaban J connectivity index is 1.66. The monoisotopic (exact) mass is 379 g/mol. The lowest BCUT2D eigenvalue weighted by Crippen LogP contribution is -2.14. The molecule has 1 N–H and O–H groups in total. The molecule has 0 aliphatic heterocycles. The maximum Gasteiger partial charge on any atom is 0.252 e. The van der Waals surface area contributed by atoms with Crippen LogP contribution >= 0.6 is 11.8 Å². The summed E-state index contributed by atoms with van der Waals surface area (Å²) in [5, 5.41) is 3.50. The van der Waals surface area contributed by atoms with Gasteiger partial charge in [-0.25, -0.2) is 9.97 Å². The number of hydrogen-bond donors (Lipinski definition) is 1. The third-order valence-electron chi connectivity index (χ3n) is 3.78. The molecule has 0 radical (unpaired) electrons. The first-order valence-electron chi connectivity index (χ1n) is 8.57. The molecular weight excluding hydrogens is 358 g/mol. The minimum atomic E-state index is -0.0995. The van der Waals surface area contributed by atoms with E-state index in [0.717, 1.165) is 28.1 Å². The molecule has 0 spiro atoms. The summed E-state index contributed by atoms with van der Waals surface area (Å²) < 4.78 is 5.90. The van der Waals surface area contributed by atoms with Gasteiger partial charge >= 0.3 is 0 Å². The van der Waals surface area contributed by atoms with Crippen molar-refractivity contribution < 1.29 is 9.53 Å². The van der Waals surface area contributed by atoms with Crippen molar-refractivity contribution in [3.8, 4) is 11.6 Å². The van der Waals surface area contributed by atoms with Gasteiger partial charge in [0.15, 0.2) is 5.03 Å². The number of hydrogen-bond acceptors (Lipinski definition) is 5. The minimum Gasteiger partial charge on any atom is -0.436 e. The normalized spacial score (nSPS) is 10.5. The van der Waals surface area contributed by atoms with Crippen LogP contribution in [0.2, 0.25) is 0 Å². The van der Waals surface area contributed by atoms with Gasteiger partial charge in [-0.05, 0) is 55.7 Å². The van der Waals surface area contributed by atoms with Crippen LogP contribution < -0.4 is 10.1 Å². The summed E-state index contributed by atoms with van der Waals surface area (Å²) in [6.45, 7) is 5.98. The van der Waals surface area contributed by atoms with Crippen LogP contribution in [0.3, 0.4) is 0 Å². The van der Waals surface area contributed by atoms with Gasteiger partial charge < -0.3 is 10.1 Å². The van der Waals surface area contributed by atoms with Crippen LogP contribution in [-0.2, 0) is 4.79 Å². The van der Waals surface area contributed by atoms with Crippen molar-refractivity contribution in [1.29, 1.82) is 0 Å². The number of rotatable bonds is 6. The topological polar surface area (TPSA) is 64.1 Å². The Labute approximate surface area is 163 Å². The van der Waals surface area contributed by atoms with Gasteiger partial charge in [0.1, 0.15) is 5.75 Å². The molecule has 138 valence electrons. The van der Waals surface area contributed by atoms with Crippen molar-refractivity contribution >= 4 is 23.4 Å². The Morgan fingerprint density at radius 2 is 1.74 bits per heavy atom. The number of anilines is 1. The minimum absolute atomic E-state index is 0.0995. The summed E-state index contributed by atoms with van der Waals surface area (Å²) in [4.78, 5) is 20.9. The van der Waals surface area contributed by atoms with Gasteiger partial charge in [-0.15, -0.1) is 0 Å². The summed E-state index contributed by atoms with van der Waals surface area (Å²) in [6, 6.07) is 13.7. The maximum absolute atomic E-state index is 12.3. The van der Waals surface area contributed by atoms with Gasteiger partial charge in [-0.3, -0.25) is 4.79 Å².